The molecule has 0 aliphatic heterocycles. The smallest absolute Gasteiger partial charge is 0.262 e. The van der Waals surface area contributed by atoms with Crippen LogP contribution in [0.2, 0.25) is 0 Å². The van der Waals surface area contributed by atoms with Crippen LogP contribution in [0.5, 0.6) is 5.88 Å². The Labute approximate surface area is 115 Å². The highest BCUT2D eigenvalue weighted by molar-refractivity contribution is 5.67. The predicted molar refractivity (Wildman–Crippen MR) is 72.1 cm³/mol. The number of ether oxygens (including phenoxy) is 1. The number of aryl methyl sites for hydroxylation is 1. The van der Waals surface area contributed by atoms with E-state index in [4.69, 9.17) is 4.74 Å². The van der Waals surface area contributed by atoms with Crippen molar-refractivity contribution in [3.63, 3.8) is 0 Å². The van der Waals surface area contributed by atoms with Gasteiger partial charge >= 0.3 is 0 Å². The van der Waals surface area contributed by atoms with Gasteiger partial charge in [0.15, 0.2) is 0 Å². The predicted octanol–water partition coefficient (Wildman–Crippen LogP) is 1.86. The molecule has 0 radical (unpaired) electrons. The van der Waals surface area contributed by atoms with Crippen LogP contribution in [-0.4, -0.2) is 28.8 Å². The average Bonchev–Trinajstić information content (AvgIpc) is 2.40. The summed E-state index contributed by atoms with van der Waals surface area (Å²) in [6.45, 7) is 0.527. The first-order valence-corrected chi connectivity index (χ1v) is 6.19. The largest absolute Gasteiger partial charge is 0.493 e. The van der Waals surface area contributed by atoms with Gasteiger partial charge in [0, 0.05) is 25.7 Å². The van der Waals surface area contributed by atoms with Crippen molar-refractivity contribution >= 4 is 0 Å². The summed E-state index contributed by atoms with van der Waals surface area (Å²) < 4.78 is 18.6. The van der Waals surface area contributed by atoms with Gasteiger partial charge in [-0.25, -0.2) is 4.39 Å². The molecule has 0 atom stereocenters. The zero-order valence-electron chi connectivity index (χ0n) is 11.0. The van der Waals surface area contributed by atoms with Crippen LogP contribution in [0, 0.1) is 5.82 Å². The zero-order valence-corrected chi connectivity index (χ0v) is 11.0. The Balaban J connectivity index is 2.37. The molecule has 5 nitrogen and oxygen atoms in total. The van der Waals surface area contributed by atoms with Crippen LogP contribution < -0.4 is 5.56 Å². The van der Waals surface area contributed by atoms with Crippen LogP contribution in [0.4, 0.5) is 4.39 Å². The number of nitrogens with one attached hydrogen (secondary N) is 1. The Bertz CT molecular complexity index is 655. The summed E-state index contributed by atoms with van der Waals surface area (Å²) >= 11 is 0. The van der Waals surface area contributed by atoms with Gasteiger partial charge in [0.05, 0.1) is 0 Å². The molecular weight excluding hydrogens is 263 g/mol. The SMILES string of the molecule is COCCCc1nc(O)c(-c2ccccc2F)c(=O)[nH]1. The lowest BCUT2D eigenvalue weighted by Crippen LogP contribution is -2.15. The summed E-state index contributed by atoms with van der Waals surface area (Å²) in [5, 5.41) is 9.88. The molecule has 1 aromatic carbocycles. The van der Waals surface area contributed by atoms with Crippen LogP contribution in [0.25, 0.3) is 11.1 Å². The Hall–Kier alpha value is -2.21. The Morgan fingerprint density at radius 2 is 2.15 bits per heavy atom. The first kappa shape index (κ1) is 14.2. The third-order valence-electron chi connectivity index (χ3n) is 2.85. The number of aromatic nitrogens is 2. The molecule has 2 N–H and O–H groups in total. The third-order valence-corrected chi connectivity index (χ3v) is 2.85. The van der Waals surface area contributed by atoms with Crippen LogP contribution in [0.3, 0.4) is 0 Å². The average molecular weight is 278 g/mol. The number of aromatic amines is 1. The number of hydrogen-bond acceptors (Lipinski definition) is 4. The molecule has 0 bridgehead atoms. The third kappa shape index (κ3) is 3.03. The second-order valence-corrected chi connectivity index (χ2v) is 4.29. The lowest BCUT2D eigenvalue weighted by molar-refractivity contribution is 0.194. The molecule has 2 aromatic rings. The lowest BCUT2D eigenvalue weighted by Gasteiger charge is -2.07. The van der Waals surface area contributed by atoms with Gasteiger partial charge in [-0.1, -0.05) is 18.2 Å². The summed E-state index contributed by atoms with van der Waals surface area (Å²) in [5.41, 5.74) is -0.684. The highest BCUT2D eigenvalue weighted by Gasteiger charge is 2.15. The molecule has 0 saturated heterocycles. The van der Waals surface area contributed by atoms with Crippen molar-refractivity contribution in [3.8, 4) is 17.0 Å². The van der Waals surface area contributed by atoms with Crippen molar-refractivity contribution < 1.29 is 14.2 Å². The van der Waals surface area contributed by atoms with Crippen LogP contribution in [-0.2, 0) is 11.2 Å². The fraction of sp³-hybridized carbons (Fsp3) is 0.286. The second-order valence-electron chi connectivity index (χ2n) is 4.29. The van der Waals surface area contributed by atoms with Crippen molar-refractivity contribution in [1.29, 1.82) is 0 Å². The maximum absolute atomic E-state index is 13.7. The lowest BCUT2D eigenvalue weighted by atomic mass is 10.1. The first-order valence-electron chi connectivity index (χ1n) is 6.19. The van der Waals surface area contributed by atoms with E-state index in [0.29, 0.717) is 25.3 Å². The number of aromatic hydroxyl groups is 1. The molecular formula is C14H15FN2O3. The summed E-state index contributed by atoms with van der Waals surface area (Å²) in [6.07, 6.45) is 1.13. The van der Waals surface area contributed by atoms with Crippen LogP contribution >= 0.6 is 0 Å². The zero-order chi connectivity index (χ0) is 14.5. The Morgan fingerprint density at radius 3 is 2.80 bits per heavy atom. The summed E-state index contributed by atoms with van der Waals surface area (Å²) in [5.74, 6) is -0.696. The standard InChI is InChI=1S/C14H15FN2O3/c1-20-8-4-7-11-16-13(18)12(14(19)17-11)9-5-2-3-6-10(9)15/h2-3,5-6H,4,7-8H2,1H3,(H2,16,17,18,19). The fourth-order valence-electron chi connectivity index (χ4n) is 1.92. The molecule has 0 amide bonds. The van der Waals surface area contributed by atoms with E-state index in [-0.39, 0.29) is 11.1 Å². The molecule has 0 fully saturated rings. The molecule has 0 aliphatic carbocycles. The minimum Gasteiger partial charge on any atom is -0.493 e. The topological polar surface area (TPSA) is 75.2 Å². The van der Waals surface area contributed by atoms with Gasteiger partial charge in [-0.15, -0.1) is 0 Å². The van der Waals surface area contributed by atoms with Gasteiger partial charge < -0.3 is 14.8 Å². The van der Waals surface area contributed by atoms with Gasteiger partial charge in [-0.05, 0) is 12.5 Å². The molecule has 1 aromatic heterocycles. The van der Waals surface area contributed by atoms with Crippen LogP contribution in [0.15, 0.2) is 29.1 Å². The van der Waals surface area contributed by atoms with Crippen molar-refractivity contribution in [3.05, 3.63) is 46.3 Å². The number of hydrogen-bond donors (Lipinski definition) is 2. The van der Waals surface area contributed by atoms with E-state index in [2.05, 4.69) is 9.97 Å². The number of benzene rings is 1. The monoisotopic (exact) mass is 278 g/mol. The second kappa shape index (κ2) is 6.29. The summed E-state index contributed by atoms with van der Waals surface area (Å²) in [7, 11) is 1.58. The van der Waals surface area contributed by atoms with Crippen molar-refractivity contribution in [2.45, 2.75) is 12.8 Å². The van der Waals surface area contributed by atoms with Crippen molar-refractivity contribution in [1.82, 2.24) is 9.97 Å². The van der Waals surface area contributed by atoms with E-state index in [1.165, 1.54) is 18.2 Å². The van der Waals surface area contributed by atoms with Gasteiger partial charge in [0.1, 0.15) is 17.2 Å². The molecule has 0 saturated carbocycles. The molecule has 1 heterocycles. The maximum atomic E-state index is 13.7. The van der Waals surface area contributed by atoms with Crippen molar-refractivity contribution in [2.75, 3.05) is 13.7 Å². The normalized spacial score (nSPS) is 10.7. The highest BCUT2D eigenvalue weighted by Crippen LogP contribution is 2.25. The van der Waals surface area contributed by atoms with E-state index < -0.39 is 17.3 Å². The number of methoxy groups -OCH3 is 1. The van der Waals surface area contributed by atoms with Gasteiger partial charge in [0.25, 0.3) is 5.56 Å². The number of H-pyrrole nitrogens is 1. The highest BCUT2D eigenvalue weighted by atomic mass is 19.1. The molecule has 106 valence electrons. The Morgan fingerprint density at radius 1 is 1.40 bits per heavy atom. The Kier molecular flexibility index (Phi) is 4.47. The van der Waals surface area contributed by atoms with Gasteiger partial charge in [-0.2, -0.15) is 4.98 Å². The molecule has 0 spiro atoms. The maximum Gasteiger partial charge on any atom is 0.262 e. The van der Waals surface area contributed by atoms with E-state index in [9.17, 15) is 14.3 Å². The number of nitrogens with zero attached hydrogens (tertiary/aromatic N) is 1. The number of rotatable bonds is 5. The van der Waals surface area contributed by atoms with Gasteiger partial charge in [0.2, 0.25) is 5.88 Å². The minimum absolute atomic E-state index is 0.0298. The van der Waals surface area contributed by atoms with E-state index in [0.717, 1.165) is 0 Å². The first-order chi connectivity index (χ1) is 9.63. The summed E-state index contributed by atoms with van der Waals surface area (Å²) in [4.78, 5) is 18.4. The fourth-order valence-corrected chi connectivity index (χ4v) is 1.92. The quantitative estimate of drug-likeness (QED) is 0.819. The molecule has 20 heavy (non-hydrogen) atoms. The molecule has 6 heteroatoms. The van der Waals surface area contributed by atoms with E-state index in [1.54, 1.807) is 13.2 Å². The van der Waals surface area contributed by atoms with Gasteiger partial charge in [-0.3, -0.25) is 4.79 Å². The molecule has 0 aliphatic rings. The van der Waals surface area contributed by atoms with Crippen LogP contribution in [0.1, 0.15) is 12.2 Å². The number of halogens is 1. The molecule has 0 unspecified atom stereocenters. The minimum atomic E-state index is -0.581. The van der Waals surface area contributed by atoms with Crippen molar-refractivity contribution in [2.24, 2.45) is 0 Å². The summed E-state index contributed by atoms with van der Waals surface area (Å²) in [6, 6.07) is 5.74. The van der Waals surface area contributed by atoms with E-state index >= 15 is 0 Å². The molecule has 2 rings (SSSR count). The van der Waals surface area contributed by atoms with E-state index in [1.807, 2.05) is 0 Å².